The lowest BCUT2D eigenvalue weighted by Gasteiger charge is -2.27. The molecular formula is C22H26N4O. The summed E-state index contributed by atoms with van der Waals surface area (Å²) in [6, 6.07) is 18.3. The SMILES string of the molecule is CCN(c1ccc(NC(=O)Cc2cnn(-c3ccccc3)c2)cc1)C(C)C. The highest BCUT2D eigenvalue weighted by molar-refractivity contribution is 5.92. The van der Waals surface area contributed by atoms with Gasteiger partial charge in [0.1, 0.15) is 0 Å². The van der Waals surface area contributed by atoms with Gasteiger partial charge in [-0.05, 0) is 62.7 Å². The minimum Gasteiger partial charge on any atom is -0.369 e. The Hall–Kier alpha value is -3.08. The van der Waals surface area contributed by atoms with Crippen molar-refractivity contribution in [3.05, 3.63) is 72.6 Å². The molecule has 3 aromatic rings. The molecule has 0 aliphatic heterocycles. The van der Waals surface area contributed by atoms with Crippen LogP contribution in [0.1, 0.15) is 26.3 Å². The normalized spacial score (nSPS) is 10.8. The van der Waals surface area contributed by atoms with Crippen LogP contribution >= 0.6 is 0 Å². The second kappa shape index (κ2) is 8.54. The first-order valence-electron chi connectivity index (χ1n) is 9.32. The highest BCUT2D eigenvalue weighted by Crippen LogP contribution is 2.20. The van der Waals surface area contributed by atoms with Crippen LogP contribution in [-0.2, 0) is 11.2 Å². The molecule has 0 unspecified atom stereocenters. The maximum absolute atomic E-state index is 12.4. The van der Waals surface area contributed by atoms with Crippen molar-refractivity contribution in [2.45, 2.75) is 33.2 Å². The largest absolute Gasteiger partial charge is 0.369 e. The zero-order valence-corrected chi connectivity index (χ0v) is 16.1. The van der Waals surface area contributed by atoms with Gasteiger partial charge >= 0.3 is 0 Å². The van der Waals surface area contributed by atoms with Crippen LogP contribution in [0.2, 0.25) is 0 Å². The first-order valence-corrected chi connectivity index (χ1v) is 9.32. The number of benzene rings is 2. The standard InChI is InChI=1S/C22H26N4O/c1-4-25(17(2)3)20-12-10-19(11-13-20)24-22(27)14-18-15-23-26(16-18)21-8-6-5-7-9-21/h5-13,15-17H,4,14H2,1-3H3,(H,24,27). The van der Waals surface area contributed by atoms with Crippen molar-refractivity contribution in [3.8, 4) is 5.69 Å². The van der Waals surface area contributed by atoms with Gasteiger partial charge in [0.05, 0.1) is 18.3 Å². The lowest BCUT2D eigenvalue weighted by Crippen LogP contribution is -2.30. The Morgan fingerprint density at radius 1 is 1.11 bits per heavy atom. The number of para-hydroxylation sites is 1. The molecule has 0 fully saturated rings. The molecule has 0 atom stereocenters. The highest BCUT2D eigenvalue weighted by atomic mass is 16.1. The summed E-state index contributed by atoms with van der Waals surface area (Å²) in [6.45, 7) is 7.45. The zero-order valence-electron chi connectivity index (χ0n) is 16.1. The van der Waals surface area contributed by atoms with E-state index in [0.29, 0.717) is 12.5 Å². The van der Waals surface area contributed by atoms with E-state index in [9.17, 15) is 4.79 Å². The molecular weight excluding hydrogens is 336 g/mol. The number of rotatable bonds is 7. The van der Waals surface area contributed by atoms with Crippen LogP contribution in [0.4, 0.5) is 11.4 Å². The molecule has 0 saturated heterocycles. The fourth-order valence-corrected chi connectivity index (χ4v) is 3.15. The minimum atomic E-state index is -0.0495. The number of hydrogen-bond donors (Lipinski definition) is 1. The van der Waals surface area contributed by atoms with Crippen LogP contribution in [0, 0.1) is 0 Å². The first-order chi connectivity index (χ1) is 13.1. The summed E-state index contributed by atoms with van der Waals surface area (Å²) in [7, 11) is 0. The summed E-state index contributed by atoms with van der Waals surface area (Å²) in [4.78, 5) is 14.7. The second-order valence-corrected chi connectivity index (χ2v) is 6.78. The van der Waals surface area contributed by atoms with Crippen LogP contribution in [0.25, 0.3) is 5.69 Å². The molecule has 1 aromatic heterocycles. The lowest BCUT2D eigenvalue weighted by molar-refractivity contribution is -0.115. The van der Waals surface area contributed by atoms with Gasteiger partial charge in [0, 0.05) is 30.2 Å². The Morgan fingerprint density at radius 2 is 1.81 bits per heavy atom. The van der Waals surface area contributed by atoms with Crippen molar-refractivity contribution < 1.29 is 4.79 Å². The van der Waals surface area contributed by atoms with Crippen LogP contribution in [0.15, 0.2) is 67.0 Å². The Bertz CT molecular complexity index is 869. The van der Waals surface area contributed by atoms with E-state index in [2.05, 4.69) is 36.1 Å². The van der Waals surface area contributed by atoms with Gasteiger partial charge < -0.3 is 10.2 Å². The number of amides is 1. The molecule has 1 amide bonds. The molecule has 5 nitrogen and oxygen atoms in total. The minimum absolute atomic E-state index is 0.0495. The Labute approximate surface area is 160 Å². The average molecular weight is 362 g/mol. The predicted octanol–water partition coefficient (Wildman–Crippen LogP) is 4.29. The van der Waals surface area contributed by atoms with E-state index in [0.717, 1.165) is 29.2 Å². The fourth-order valence-electron chi connectivity index (χ4n) is 3.15. The van der Waals surface area contributed by atoms with Gasteiger partial charge in [0.15, 0.2) is 0 Å². The van der Waals surface area contributed by atoms with Gasteiger partial charge in [-0.1, -0.05) is 18.2 Å². The van der Waals surface area contributed by atoms with E-state index in [4.69, 9.17) is 0 Å². The summed E-state index contributed by atoms with van der Waals surface area (Å²) < 4.78 is 1.78. The average Bonchev–Trinajstić information content (AvgIpc) is 3.12. The molecule has 140 valence electrons. The van der Waals surface area contributed by atoms with E-state index < -0.39 is 0 Å². The molecule has 0 aliphatic carbocycles. The molecule has 2 aromatic carbocycles. The zero-order chi connectivity index (χ0) is 19.2. The van der Waals surface area contributed by atoms with E-state index >= 15 is 0 Å². The predicted molar refractivity (Wildman–Crippen MR) is 110 cm³/mol. The van der Waals surface area contributed by atoms with Crippen molar-refractivity contribution in [1.29, 1.82) is 0 Å². The number of anilines is 2. The van der Waals surface area contributed by atoms with Crippen molar-refractivity contribution in [2.75, 3.05) is 16.8 Å². The number of hydrogen-bond acceptors (Lipinski definition) is 3. The van der Waals surface area contributed by atoms with Crippen molar-refractivity contribution in [1.82, 2.24) is 9.78 Å². The van der Waals surface area contributed by atoms with Crippen molar-refractivity contribution in [3.63, 3.8) is 0 Å². The molecule has 5 heteroatoms. The van der Waals surface area contributed by atoms with E-state index in [1.54, 1.807) is 10.9 Å². The molecule has 1 N–H and O–H groups in total. The Kier molecular flexibility index (Phi) is 5.91. The van der Waals surface area contributed by atoms with Gasteiger partial charge in [-0.15, -0.1) is 0 Å². The number of nitrogens with zero attached hydrogens (tertiary/aromatic N) is 3. The Morgan fingerprint density at radius 3 is 2.44 bits per heavy atom. The lowest BCUT2D eigenvalue weighted by atomic mass is 10.2. The molecule has 27 heavy (non-hydrogen) atoms. The summed E-state index contributed by atoms with van der Waals surface area (Å²) in [5.41, 5.74) is 3.82. The molecule has 3 rings (SSSR count). The number of carbonyl (C=O) groups excluding carboxylic acids is 1. The van der Waals surface area contributed by atoms with Crippen LogP contribution in [0.5, 0.6) is 0 Å². The molecule has 0 bridgehead atoms. The Balaban J connectivity index is 1.60. The van der Waals surface area contributed by atoms with Crippen LogP contribution in [0.3, 0.4) is 0 Å². The maximum atomic E-state index is 12.4. The van der Waals surface area contributed by atoms with E-state index in [1.165, 1.54) is 0 Å². The number of nitrogens with one attached hydrogen (secondary N) is 1. The molecule has 0 radical (unpaired) electrons. The quantitative estimate of drug-likeness (QED) is 0.682. The number of carbonyl (C=O) groups is 1. The summed E-state index contributed by atoms with van der Waals surface area (Å²) in [6.07, 6.45) is 3.92. The van der Waals surface area contributed by atoms with Gasteiger partial charge in [-0.25, -0.2) is 4.68 Å². The fraction of sp³-hybridized carbons (Fsp3) is 0.273. The van der Waals surface area contributed by atoms with Gasteiger partial charge in [-0.3, -0.25) is 4.79 Å². The van der Waals surface area contributed by atoms with Crippen molar-refractivity contribution >= 4 is 17.3 Å². The third-order valence-corrected chi connectivity index (χ3v) is 4.47. The molecule has 0 saturated carbocycles. The second-order valence-electron chi connectivity index (χ2n) is 6.78. The molecule has 1 heterocycles. The highest BCUT2D eigenvalue weighted by Gasteiger charge is 2.10. The van der Waals surface area contributed by atoms with Gasteiger partial charge in [0.2, 0.25) is 5.91 Å². The number of aromatic nitrogens is 2. The van der Waals surface area contributed by atoms with E-state index in [-0.39, 0.29) is 5.91 Å². The first kappa shape index (κ1) is 18.7. The summed E-state index contributed by atoms with van der Waals surface area (Å²) >= 11 is 0. The van der Waals surface area contributed by atoms with Gasteiger partial charge in [0.25, 0.3) is 0 Å². The third-order valence-electron chi connectivity index (χ3n) is 4.47. The monoisotopic (exact) mass is 362 g/mol. The molecule has 0 aliphatic rings. The maximum Gasteiger partial charge on any atom is 0.228 e. The molecule has 0 spiro atoms. The smallest absolute Gasteiger partial charge is 0.228 e. The van der Waals surface area contributed by atoms with E-state index in [1.807, 2.05) is 60.8 Å². The summed E-state index contributed by atoms with van der Waals surface area (Å²) in [5, 5.41) is 7.29. The summed E-state index contributed by atoms with van der Waals surface area (Å²) in [5.74, 6) is -0.0495. The van der Waals surface area contributed by atoms with Gasteiger partial charge in [-0.2, -0.15) is 5.10 Å². The van der Waals surface area contributed by atoms with Crippen molar-refractivity contribution in [2.24, 2.45) is 0 Å². The van der Waals surface area contributed by atoms with Crippen LogP contribution in [-0.4, -0.2) is 28.3 Å². The third kappa shape index (κ3) is 4.76. The topological polar surface area (TPSA) is 50.2 Å². The van der Waals surface area contributed by atoms with Crippen LogP contribution < -0.4 is 10.2 Å².